The molecule has 0 atom stereocenters. The molecule has 2 rings (SSSR count). The largest absolute Gasteiger partial charge is 0.481 e. The molecule has 1 aliphatic heterocycles. The average Bonchev–Trinajstić information content (AvgIpc) is 2.73. The molecule has 7 heteroatoms. The third kappa shape index (κ3) is 2.21. The Morgan fingerprint density at radius 3 is 2.83 bits per heavy atom. The van der Waals surface area contributed by atoms with E-state index in [1.165, 1.54) is 6.20 Å². The second-order valence-corrected chi connectivity index (χ2v) is 4.29. The van der Waals surface area contributed by atoms with Crippen LogP contribution in [-0.2, 0) is 15.1 Å². The highest BCUT2D eigenvalue weighted by Crippen LogP contribution is 2.25. The standard InChI is InChI=1S/C11H15N3O4/c1-2-18-10(17)8-4-13-14(5-8)11(3-9(15)16)6-12-7-11/h4-5,12H,2-3,6-7H2,1H3,(H,15,16). The Balaban J connectivity index is 2.18. The van der Waals surface area contributed by atoms with Gasteiger partial charge in [0.2, 0.25) is 0 Å². The number of carboxylic acids is 1. The SMILES string of the molecule is CCOC(=O)c1cnn(C2(CC(=O)O)CNC2)c1. The number of hydrogen-bond donors (Lipinski definition) is 2. The number of ether oxygens (including phenoxy) is 1. The summed E-state index contributed by atoms with van der Waals surface area (Å²) in [6.07, 6.45) is 2.92. The Kier molecular flexibility index (Phi) is 3.33. The fourth-order valence-corrected chi connectivity index (χ4v) is 1.97. The van der Waals surface area contributed by atoms with Crippen LogP contribution in [0.2, 0.25) is 0 Å². The summed E-state index contributed by atoms with van der Waals surface area (Å²) < 4.78 is 6.41. The van der Waals surface area contributed by atoms with E-state index < -0.39 is 17.5 Å². The molecule has 0 saturated carbocycles. The van der Waals surface area contributed by atoms with Crippen LogP contribution < -0.4 is 5.32 Å². The summed E-state index contributed by atoms with van der Waals surface area (Å²) in [4.78, 5) is 22.4. The number of rotatable bonds is 5. The first-order chi connectivity index (χ1) is 8.57. The molecule has 1 saturated heterocycles. The van der Waals surface area contributed by atoms with E-state index in [1.54, 1.807) is 17.8 Å². The van der Waals surface area contributed by atoms with Crippen molar-refractivity contribution < 1.29 is 19.4 Å². The van der Waals surface area contributed by atoms with E-state index in [9.17, 15) is 9.59 Å². The van der Waals surface area contributed by atoms with Gasteiger partial charge in [0.15, 0.2) is 0 Å². The molecule has 18 heavy (non-hydrogen) atoms. The smallest absolute Gasteiger partial charge is 0.341 e. The molecule has 2 N–H and O–H groups in total. The van der Waals surface area contributed by atoms with Crippen LogP contribution >= 0.6 is 0 Å². The molecule has 0 radical (unpaired) electrons. The lowest BCUT2D eigenvalue weighted by Gasteiger charge is -2.41. The number of nitrogens with zero attached hydrogens (tertiary/aromatic N) is 2. The maximum absolute atomic E-state index is 11.5. The maximum atomic E-state index is 11.5. The zero-order chi connectivity index (χ0) is 13.2. The molecule has 0 bridgehead atoms. The highest BCUT2D eigenvalue weighted by molar-refractivity contribution is 5.88. The summed E-state index contributed by atoms with van der Waals surface area (Å²) in [6.45, 7) is 3.09. The van der Waals surface area contributed by atoms with Crippen LogP contribution in [0.5, 0.6) is 0 Å². The van der Waals surface area contributed by atoms with Gasteiger partial charge in [-0.3, -0.25) is 9.48 Å². The molecular formula is C11H15N3O4. The summed E-state index contributed by atoms with van der Waals surface area (Å²) in [6, 6.07) is 0. The van der Waals surface area contributed by atoms with Crippen molar-refractivity contribution >= 4 is 11.9 Å². The quantitative estimate of drug-likeness (QED) is 0.708. The third-order valence-electron chi connectivity index (χ3n) is 2.97. The van der Waals surface area contributed by atoms with Crippen molar-refractivity contribution in [2.75, 3.05) is 19.7 Å². The Labute approximate surface area is 104 Å². The highest BCUT2D eigenvalue weighted by Gasteiger charge is 2.42. The number of hydrogen-bond acceptors (Lipinski definition) is 5. The topological polar surface area (TPSA) is 93.5 Å². The van der Waals surface area contributed by atoms with Crippen molar-refractivity contribution in [2.45, 2.75) is 18.9 Å². The van der Waals surface area contributed by atoms with Gasteiger partial charge in [-0.1, -0.05) is 0 Å². The molecule has 7 nitrogen and oxygen atoms in total. The summed E-state index contributed by atoms with van der Waals surface area (Å²) in [5.41, 5.74) is -0.232. The predicted octanol–water partition coefficient (Wildman–Crippen LogP) is -0.167. The van der Waals surface area contributed by atoms with Crippen LogP contribution in [0.4, 0.5) is 0 Å². The summed E-state index contributed by atoms with van der Waals surface area (Å²) in [5.74, 6) is -1.33. The number of carbonyl (C=O) groups excluding carboxylic acids is 1. The summed E-state index contributed by atoms with van der Waals surface area (Å²) in [7, 11) is 0. The lowest BCUT2D eigenvalue weighted by Crippen LogP contribution is -2.61. The van der Waals surface area contributed by atoms with Crippen molar-refractivity contribution in [3.63, 3.8) is 0 Å². The van der Waals surface area contributed by atoms with Gasteiger partial charge in [-0.15, -0.1) is 0 Å². The third-order valence-corrected chi connectivity index (χ3v) is 2.97. The van der Waals surface area contributed by atoms with E-state index in [0.717, 1.165) is 0 Å². The number of carbonyl (C=O) groups is 2. The van der Waals surface area contributed by atoms with Gasteiger partial charge in [-0.05, 0) is 6.92 Å². The molecule has 1 fully saturated rings. The van der Waals surface area contributed by atoms with E-state index >= 15 is 0 Å². The van der Waals surface area contributed by atoms with Gasteiger partial charge in [0, 0.05) is 19.3 Å². The molecule has 0 aromatic carbocycles. The number of aliphatic carboxylic acids is 1. The van der Waals surface area contributed by atoms with Gasteiger partial charge in [0.1, 0.15) is 0 Å². The fourth-order valence-electron chi connectivity index (χ4n) is 1.97. The number of aromatic nitrogens is 2. The van der Waals surface area contributed by atoms with Crippen molar-refractivity contribution in [3.05, 3.63) is 18.0 Å². The summed E-state index contributed by atoms with van der Waals surface area (Å²) >= 11 is 0. The van der Waals surface area contributed by atoms with Crippen LogP contribution in [-0.4, -0.2) is 46.5 Å². The number of carboxylic acid groups (broad SMARTS) is 1. The number of nitrogens with one attached hydrogen (secondary N) is 1. The van der Waals surface area contributed by atoms with Crippen LogP contribution in [0.15, 0.2) is 12.4 Å². The molecule has 0 aliphatic carbocycles. The minimum absolute atomic E-state index is 0.0239. The van der Waals surface area contributed by atoms with Gasteiger partial charge in [0.25, 0.3) is 0 Å². The van der Waals surface area contributed by atoms with Crippen LogP contribution in [0, 0.1) is 0 Å². The molecule has 0 amide bonds. The van der Waals surface area contributed by atoms with Crippen molar-refractivity contribution in [2.24, 2.45) is 0 Å². The molecule has 1 aromatic rings. The van der Waals surface area contributed by atoms with E-state index in [4.69, 9.17) is 9.84 Å². The average molecular weight is 253 g/mol. The molecular weight excluding hydrogens is 238 g/mol. The summed E-state index contributed by atoms with van der Waals surface area (Å²) in [5, 5.41) is 16.0. The van der Waals surface area contributed by atoms with Crippen LogP contribution in [0.3, 0.4) is 0 Å². The Morgan fingerprint density at radius 1 is 1.61 bits per heavy atom. The van der Waals surface area contributed by atoms with Crippen LogP contribution in [0.1, 0.15) is 23.7 Å². The molecule has 98 valence electrons. The Morgan fingerprint density at radius 2 is 2.33 bits per heavy atom. The van der Waals surface area contributed by atoms with E-state index in [2.05, 4.69) is 10.4 Å². The molecule has 0 spiro atoms. The predicted molar refractivity (Wildman–Crippen MR) is 61.3 cm³/mol. The fraction of sp³-hybridized carbons (Fsp3) is 0.545. The molecule has 1 aromatic heterocycles. The van der Waals surface area contributed by atoms with Gasteiger partial charge in [-0.2, -0.15) is 5.10 Å². The lowest BCUT2D eigenvalue weighted by molar-refractivity contribution is -0.140. The lowest BCUT2D eigenvalue weighted by atomic mass is 9.89. The van der Waals surface area contributed by atoms with Crippen molar-refractivity contribution in [1.29, 1.82) is 0 Å². The normalized spacial score (nSPS) is 16.9. The number of esters is 1. The monoisotopic (exact) mass is 253 g/mol. The highest BCUT2D eigenvalue weighted by atomic mass is 16.5. The second kappa shape index (κ2) is 4.77. The van der Waals surface area contributed by atoms with Crippen molar-refractivity contribution in [3.8, 4) is 0 Å². The first kappa shape index (κ1) is 12.6. The van der Waals surface area contributed by atoms with Crippen molar-refractivity contribution in [1.82, 2.24) is 15.1 Å². The van der Waals surface area contributed by atoms with Crippen LogP contribution in [0.25, 0.3) is 0 Å². The minimum Gasteiger partial charge on any atom is -0.481 e. The molecule has 2 heterocycles. The van der Waals surface area contributed by atoms with Gasteiger partial charge in [-0.25, -0.2) is 4.79 Å². The van der Waals surface area contributed by atoms with Gasteiger partial charge < -0.3 is 15.2 Å². The van der Waals surface area contributed by atoms with E-state index in [1.807, 2.05) is 0 Å². The Hall–Kier alpha value is -1.89. The minimum atomic E-state index is -0.885. The first-order valence-electron chi connectivity index (χ1n) is 5.72. The maximum Gasteiger partial charge on any atom is 0.341 e. The Bertz CT molecular complexity index is 465. The van der Waals surface area contributed by atoms with Gasteiger partial charge in [0.05, 0.1) is 30.3 Å². The molecule has 1 aliphatic rings. The van der Waals surface area contributed by atoms with E-state index in [0.29, 0.717) is 25.3 Å². The second-order valence-electron chi connectivity index (χ2n) is 4.29. The zero-order valence-electron chi connectivity index (χ0n) is 10.0. The van der Waals surface area contributed by atoms with E-state index in [-0.39, 0.29) is 6.42 Å². The molecule has 0 unspecified atom stereocenters. The zero-order valence-corrected chi connectivity index (χ0v) is 10.0. The van der Waals surface area contributed by atoms with Gasteiger partial charge >= 0.3 is 11.9 Å². The first-order valence-corrected chi connectivity index (χ1v) is 5.72.